The smallest absolute Gasteiger partial charge is 0.311 e. The second kappa shape index (κ2) is 14.9. The number of ether oxygens (including phenoxy) is 2. The Balaban J connectivity index is 2.09. The molecule has 1 aromatic rings. The minimum Gasteiger partial charge on any atom is -0.466 e. The molecular formula is C21H29Cl3O4. The second-order valence-electron chi connectivity index (χ2n) is 6.70. The van der Waals surface area contributed by atoms with Gasteiger partial charge in [0.1, 0.15) is 5.02 Å². The van der Waals surface area contributed by atoms with Crippen LogP contribution in [0.25, 0.3) is 0 Å². The Morgan fingerprint density at radius 3 is 2.04 bits per heavy atom. The van der Waals surface area contributed by atoms with Crippen molar-refractivity contribution in [3.63, 3.8) is 0 Å². The van der Waals surface area contributed by atoms with Gasteiger partial charge in [0, 0.05) is 12.8 Å². The Hall–Kier alpha value is -0.970. The van der Waals surface area contributed by atoms with Gasteiger partial charge in [-0.15, -0.1) is 0 Å². The first-order chi connectivity index (χ1) is 13.5. The number of halogens is 3. The highest BCUT2D eigenvalue weighted by Crippen LogP contribution is 2.38. The monoisotopic (exact) mass is 450 g/mol. The van der Waals surface area contributed by atoms with Crippen molar-refractivity contribution in [2.75, 3.05) is 6.61 Å². The van der Waals surface area contributed by atoms with Gasteiger partial charge in [0.15, 0.2) is 5.75 Å². The number of unbranched alkanes of at least 4 members (excludes halogenated alkanes) is 7. The molecule has 0 aliphatic rings. The van der Waals surface area contributed by atoms with Crippen molar-refractivity contribution in [1.29, 1.82) is 0 Å². The fourth-order valence-corrected chi connectivity index (χ4v) is 3.22. The highest BCUT2D eigenvalue weighted by molar-refractivity contribution is 6.44. The lowest BCUT2D eigenvalue weighted by molar-refractivity contribution is -0.144. The van der Waals surface area contributed by atoms with Gasteiger partial charge >= 0.3 is 11.9 Å². The van der Waals surface area contributed by atoms with Crippen molar-refractivity contribution in [3.8, 4) is 5.75 Å². The van der Waals surface area contributed by atoms with Crippen LogP contribution in [0.15, 0.2) is 12.1 Å². The molecule has 0 unspecified atom stereocenters. The molecule has 0 saturated heterocycles. The largest absolute Gasteiger partial charge is 0.466 e. The summed E-state index contributed by atoms with van der Waals surface area (Å²) in [6, 6.07) is 3.04. The molecule has 158 valence electrons. The molecule has 0 aromatic heterocycles. The molecule has 0 aliphatic heterocycles. The number of hydrogen-bond donors (Lipinski definition) is 0. The van der Waals surface area contributed by atoms with Crippen LogP contribution in [0.5, 0.6) is 5.75 Å². The maximum absolute atomic E-state index is 11.9. The van der Waals surface area contributed by atoms with E-state index in [9.17, 15) is 9.59 Å². The van der Waals surface area contributed by atoms with Gasteiger partial charge in [0.25, 0.3) is 0 Å². The molecule has 0 saturated carbocycles. The van der Waals surface area contributed by atoms with Crippen molar-refractivity contribution in [3.05, 3.63) is 27.2 Å². The molecule has 0 atom stereocenters. The molecule has 1 aromatic carbocycles. The average molecular weight is 452 g/mol. The summed E-state index contributed by atoms with van der Waals surface area (Å²) in [6.45, 7) is 2.67. The zero-order valence-electron chi connectivity index (χ0n) is 16.4. The van der Waals surface area contributed by atoms with Crippen molar-refractivity contribution in [2.45, 2.75) is 77.6 Å². The first-order valence-corrected chi connectivity index (χ1v) is 11.1. The van der Waals surface area contributed by atoms with E-state index in [4.69, 9.17) is 44.3 Å². The molecule has 0 heterocycles. The predicted octanol–water partition coefficient (Wildman–Crippen LogP) is 7.41. The SMILES string of the molecule is CCCCCCCCCOC(=O)CCCCC(=O)Oc1c(Cl)ccc(Cl)c1Cl. The number of benzene rings is 1. The van der Waals surface area contributed by atoms with E-state index >= 15 is 0 Å². The fourth-order valence-electron chi connectivity index (χ4n) is 2.62. The lowest BCUT2D eigenvalue weighted by Gasteiger charge is -2.09. The minimum atomic E-state index is -0.470. The van der Waals surface area contributed by atoms with Gasteiger partial charge in [-0.1, -0.05) is 80.3 Å². The third kappa shape index (κ3) is 10.5. The van der Waals surface area contributed by atoms with Gasteiger partial charge in [0.05, 0.1) is 16.7 Å². The second-order valence-corrected chi connectivity index (χ2v) is 7.89. The molecule has 0 amide bonds. The van der Waals surface area contributed by atoms with Crippen molar-refractivity contribution >= 4 is 46.7 Å². The highest BCUT2D eigenvalue weighted by atomic mass is 35.5. The molecule has 0 fully saturated rings. The summed E-state index contributed by atoms with van der Waals surface area (Å²) in [7, 11) is 0. The van der Waals surface area contributed by atoms with Crippen LogP contribution in [0, 0.1) is 0 Å². The third-order valence-electron chi connectivity index (χ3n) is 4.24. The Morgan fingerprint density at radius 2 is 1.36 bits per heavy atom. The summed E-state index contributed by atoms with van der Waals surface area (Å²) in [5.74, 6) is -0.627. The van der Waals surface area contributed by atoms with Gasteiger partial charge in [0.2, 0.25) is 0 Å². The van der Waals surface area contributed by atoms with E-state index in [1.54, 1.807) is 0 Å². The number of rotatable bonds is 14. The molecule has 0 aliphatic carbocycles. The normalized spacial score (nSPS) is 10.7. The zero-order valence-corrected chi connectivity index (χ0v) is 18.7. The maximum atomic E-state index is 11.9. The van der Waals surface area contributed by atoms with Gasteiger partial charge in [-0.3, -0.25) is 9.59 Å². The average Bonchev–Trinajstić information content (AvgIpc) is 2.67. The zero-order chi connectivity index (χ0) is 20.8. The Bertz CT molecular complexity index is 620. The number of hydrogen-bond acceptors (Lipinski definition) is 4. The van der Waals surface area contributed by atoms with Crippen LogP contribution in [0.2, 0.25) is 15.1 Å². The molecule has 0 N–H and O–H groups in total. The summed E-state index contributed by atoms with van der Waals surface area (Å²) >= 11 is 17.8. The van der Waals surface area contributed by atoms with Crippen LogP contribution < -0.4 is 4.74 Å². The van der Waals surface area contributed by atoms with Gasteiger partial charge in [-0.05, 0) is 31.4 Å². The molecule has 7 heteroatoms. The predicted molar refractivity (Wildman–Crippen MR) is 115 cm³/mol. The van der Waals surface area contributed by atoms with Crippen LogP contribution in [-0.4, -0.2) is 18.5 Å². The third-order valence-corrected chi connectivity index (χ3v) is 5.33. The Labute approximate surface area is 182 Å². The summed E-state index contributed by atoms with van der Waals surface area (Å²) < 4.78 is 10.4. The van der Waals surface area contributed by atoms with E-state index in [2.05, 4.69) is 6.92 Å². The van der Waals surface area contributed by atoms with E-state index in [0.29, 0.717) is 25.9 Å². The van der Waals surface area contributed by atoms with Crippen molar-refractivity contribution in [1.82, 2.24) is 0 Å². The lowest BCUT2D eigenvalue weighted by Crippen LogP contribution is -2.09. The quantitative estimate of drug-likeness (QED) is 0.128. The lowest BCUT2D eigenvalue weighted by atomic mass is 10.1. The van der Waals surface area contributed by atoms with Crippen molar-refractivity contribution in [2.24, 2.45) is 0 Å². The van der Waals surface area contributed by atoms with Crippen LogP contribution in [0.1, 0.15) is 77.6 Å². The van der Waals surface area contributed by atoms with E-state index < -0.39 is 5.97 Å². The first-order valence-electron chi connectivity index (χ1n) is 9.95. The van der Waals surface area contributed by atoms with E-state index in [1.165, 1.54) is 44.2 Å². The molecule has 28 heavy (non-hydrogen) atoms. The summed E-state index contributed by atoms with van der Waals surface area (Å²) in [6.07, 6.45) is 9.80. The van der Waals surface area contributed by atoms with Crippen LogP contribution in [0.4, 0.5) is 0 Å². The minimum absolute atomic E-state index is 0.0648. The van der Waals surface area contributed by atoms with E-state index in [-0.39, 0.29) is 33.2 Å². The molecule has 1 rings (SSSR count). The Morgan fingerprint density at radius 1 is 0.786 bits per heavy atom. The summed E-state index contributed by atoms with van der Waals surface area (Å²) in [5.41, 5.74) is 0. The first kappa shape index (κ1) is 25.1. The van der Waals surface area contributed by atoms with Gasteiger partial charge in [-0.2, -0.15) is 0 Å². The van der Waals surface area contributed by atoms with Crippen LogP contribution in [0.3, 0.4) is 0 Å². The fraction of sp³-hybridized carbons (Fsp3) is 0.619. The highest BCUT2D eigenvalue weighted by Gasteiger charge is 2.15. The van der Waals surface area contributed by atoms with E-state index in [0.717, 1.165) is 12.8 Å². The number of esters is 2. The number of carbonyl (C=O) groups is 2. The van der Waals surface area contributed by atoms with Crippen LogP contribution >= 0.6 is 34.8 Å². The molecular weight excluding hydrogens is 423 g/mol. The summed E-state index contributed by atoms with van der Waals surface area (Å²) in [5, 5.41) is 0.589. The topological polar surface area (TPSA) is 52.6 Å². The van der Waals surface area contributed by atoms with Crippen molar-refractivity contribution < 1.29 is 19.1 Å². The summed E-state index contributed by atoms with van der Waals surface area (Å²) in [4.78, 5) is 23.6. The van der Waals surface area contributed by atoms with E-state index in [1.807, 2.05) is 0 Å². The standard InChI is InChI=1S/C21H29Cl3O4/c1-2-3-4-5-6-7-10-15-27-18(25)11-8-9-12-19(26)28-21-17(23)14-13-16(22)20(21)24/h13-14H,2-12,15H2,1H3. The van der Waals surface area contributed by atoms with Gasteiger partial charge in [-0.25, -0.2) is 0 Å². The number of carbonyl (C=O) groups excluding carboxylic acids is 2. The molecule has 0 bridgehead atoms. The molecule has 0 radical (unpaired) electrons. The molecule has 0 spiro atoms. The Kier molecular flexibility index (Phi) is 13.4. The molecule has 4 nitrogen and oxygen atoms in total. The van der Waals surface area contributed by atoms with Gasteiger partial charge < -0.3 is 9.47 Å². The van der Waals surface area contributed by atoms with Crippen LogP contribution in [-0.2, 0) is 14.3 Å². The maximum Gasteiger partial charge on any atom is 0.311 e.